The predicted octanol–water partition coefficient (Wildman–Crippen LogP) is 4.80. The fraction of sp³-hybridized carbons (Fsp3) is 0.320. The van der Waals surface area contributed by atoms with Crippen molar-refractivity contribution in [2.75, 3.05) is 17.5 Å². The number of sulfonamides is 1. The number of hydrogen-bond donors (Lipinski definition) is 1. The van der Waals surface area contributed by atoms with Gasteiger partial charge in [0.15, 0.2) is 0 Å². The van der Waals surface area contributed by atoms with Crippen molar-refractivity contribution in [3.63, 3.8) is 0 Å². The summed E-state index contributed by atoms with van der Waals surface area (Å²) in [7, 11) is -6.62. The molecule has 13 heteroatoms. The van der Waals surface area contributed by atoms with Crippen LogP contribution >= 0.6 is 0 Å². The Bertz CT molecular complexity index is 1560. The molecule has 1 amide bonds. The molecule has 3 rings (SSSR count). The van der Waals surface area contributed by atoms with E-state index >= 15 is 0 Å². The molecule has 0 spiro atoms. The Balaban J connectivity index is 2.11. The molecule has 206 valence electrons. The molecule has 0 aliphatic rings. The minimum Gasteiger partial charge on any atom is -0.444 e. The second kappa shape index (κ2) is 10.7. The molecule has 0 unspecified atom stereocenters. The van der Waals surface area contributed by atoms with Gasteiger partial charge < -0.3 is 9.64 Å². The maximum Gasteiger partial charge on any atom is 0.410 e. The first-order valence-electron chi connectivity index (χ1n) is 11.5. The zero-order valence-electron chi connectivity index (χ0n) is 21.5. The monoisotopic (exact) mass is 569 g/mol. The van der Waals surface area contributed by atoms with Crippen LogP contribution in [0.3, 0.4) is 0 Å². The van der Waals surface area contributed by atoms with E-state index in [2.05, 4.69) is 4.72 Å². The maximum atomic E-state index is 14.8. The number of carbonyl (C=O) groups excluding carboxylic acids is 1. The third-order valence-corrected chi connectivity index (χ3v) is 8.20. The van der Waals surface area contributed by atoms with Gasteiger partial charge in [0.25, 0.3) is 10.0 Å². The number of nitrogens with zero attached hydrogens (tertiary/aromatic N) is 2. The molecular formula is C25H29F2N3O6S2. The van der Waals surface area contributed by atoms with Crippen molar-refractivity contribution in [1.29, 1.82) is 0 Å². The van der Waals surface area contributed by atoms with Crippen molar-refractivity contribution in [3.8, 4) is 11.3 Å². The largest absolute Gasteiger partial charge is 0.444 e. The topological polar surface area (TPSA) is 115 Å². The van der Waals surface area contributed by atoms with Crippen LogP contribution in [0.5, 0.6) is 0 Å². The first-order valence-corrected chi connectivity index (χ1v) is 14.6. The van der Waals surface area contributed by atoms with Crippen LogP contribution in [0, 0.1) is 11.6 Å². The van der Waals surface area contributed by atoms with Gasteiger partial charge in [-0.2, -0.15) is 0 Å². The maximum absolute atomic E-state index is 14.8. The van der Waals surface area contributed by atoms with Crippen molar-refractivity contribution < 1.29 is 35.1 Å². The van der Waals surface area contributed by atoms with E-state index in [0.717, 1.165) is 22.2 Å². The highest BCUT2D eigenvalue weighted by atomic mass is 32.2. The number of aromatic nitrogens is 1. The van der Waals surface area contributed by atoms with E-state index in [4.69, 9.17) is 4.74 Å². The van der Waals surface area contributed by atoms with Gasteiger partial charge in [0.05, 0.1) is 22.9 Å². The summed E-state index contributed by atoms with van der Waals surface area (Å²) in [5.74, 6) is -2.05. The molecule has 1 heterocycles. The summed E-state index contributed by atoms with van der Waals surface area (Å²) in [6.07, 6.45) is 0.565. The van der Waals surface area contributed by atoms with E-state index in [1.807, 2.05) is 0 Å². The number of carbonyl (C=O) groups is 1. The van der Waals surface area contributed by atoms with Crippen LogP contribution in [0.25, 0.3) is 11.3 Å². The van der Waals surface area contributed by atoms with Crippen LogP contribution in [0.15, 0.2) is 59.6 Å². The van der Waals surface area contributed by atoms with E-state index in [-0.39, 0.29) is 34.1 Å². The zero-order chi connectivity index (χ0) is 28.5. The van der Waals surface area contributed by atoms with Crippen LogP contribution in [-0.4, -0.2) is 50.2 Å². The summed E-state index contributed by atoms with van der Waals surface area (Å²) < 4.78 is 88.1. The van der Waals surface area contributed by atoms with Crippen LogP contribution in [0.4, 0.5) is 19.3 Å². The Labute approximate surface area is 221 Å². The van der Waals surface area contributed by atoms with Crippen LogP contribution in [0.2, 0.25) is 0 Å². The van der Waals surface area contributed by atoms with E-state index in [0.29, 0.717) is 11.6 Å². The molecule has 0 saturated heterocycles. The molecule has 0 saturated carbocycles. The number of hydrogen-bond acceptors (Lipinski definition) is 6. The van der Waals surface area contributed by atoms with Crippen LogP contribution in [0.1, 0.15) is 33.3 Å². The first-order chi connectivity index (χ1) is 17.5. The predicted molar refractivity (Wildman–Crippen MR) is 140 cm³/mol. The molecule has 0 aliphatic heterocycles. The average Bonchev–Trinajstić information content (AvgIpc) is 3.22. The highest BCUT2D eigenvalue weighted by molar-refractivity contribution is 7.92. The van der Waals surface area contributed by atoms with E-state index < -0.39 is 43.4 Å². The standard InChI is InChI=1S/C25H29F2N3O6S2/c1-6-37(32,33)28-19-8-7-9-20(14-19)38(34,35)30-16-17(15-29(5)24(31)36-25(2,3)4)12-23(30)21-11-10-18(26)13-22(21)27/h7-14,16,28H,6,15H2,1-5H3. The number of ether oxygens (including phenoxy) is 1. The molecule has 0 radical (unpaired) electrons. The summed E-state index contributed by atoms with van der Waals surface area (Å²) in [6.45, 7) is 6.45. The van der Waals surface area contributed by atoms with Crippen molar-refractivity contribution in [1.82, 2.24) is 8.87 Å². The Morgan fingerprint density at radius 2 is 1.74 bits per heavy atom. The minimum absolute atomic E-state index is 0.0273. The van der Waals surface area contributed by atoms with Gasteiger partial charge in [-0.25, -0.2) is 34.4 Å². The first kappa shape index (κ1) is 29.1. The molecular weight excluding hydrogens is 540 g/mol. The Kier molecular flexibility index (Phi) is 8.22. The molecule has 0 aliphatic carbocycles. The van der Waals surface area contributed by atoms with Gasteiger partial charge in [0.1, 0.15) is 17.2 Å². The van der Waals surface area contributed by atoms with Gasteiger partial charge in [0.2, 0.25) is 10.0 Å². The molecule has 2 aromatic carbocycles. The molecule has 38 heavy (non-hydrogen) atoms. The smallest absolute Gasteiger partial charge is 0.410 e. The Hall–Kier alpha value is -3.45. The number of nitrogens with one attached hydrogen (secondary N) is 1. The second-order valence-corrected chi connectivity index (χ2v) is 13.4. The van der Waals surface area contributed by atoms with Crippen molar-refractivity contribution in [2.45, 2.75) is 44.7 Å². The lowest BCUT2D eigenvalue weighted by atomic mass is 10.1. The second-order valence-electron chi connectivity index (χ2n) is 9.53. The molecule has 1 aromatic heterocycles. The Morgan fingerprint density at radius 1 is 1.05 bits per heavy atom. The Morgan fingerprint density at radius 3 is 2.34 bits per heavy atom. The van der Waals surface area contributed by atoms with Gasteiger partial charge in [-0.05, 0) is 69.7 Å². The lowest BCUT2D eigenvalue weighted by Crippen LogP contribution is -2.33. The highest BCUT2D eigenvalue weighted by Gasteiger charge is 2.26. The molecule has 0 fully saturated rings. The summed E-state index contributed by atoms with van der Waals surface area (Å²) in [5, 5.41) is 0. The summed E-state index contributed by atoms with van der Waals surface area (Å²) in [6, 6.07) is 9.26. The molecule has 9 nitrogen and oxygen atoms in total. The number of anilines is 1. The lowest BCUT2D eigenvalue weighted by Gasteiger charge is -2.24. The quantitative estimate of drug-likeness (QED) is 0.417. The number of amides is 1. The van der Waals surface area contributed by atoms with E-state index in [9.17, 15) is 30.4 Å². The normalized spacial score (nSPS) is 12.3. The number of benzene rings is 2. The zero-order valence-corrected chi connectivity index (χ0v) is 23.2. The van der Waals surface area contributed by atoms with Crippen molar-refractivity contribution in [3.05, 3.63) is 71.9 Å². The average molecular weight is 570 g/mol. The number of halogens is 2. The third-order valence-electron chi connectivity index (χ3n) is 5.22. The molecule has 1 N–H and O–H groups in total. The minimum atomic E-state index is -4.41. The van der Waals surface area contributed by atoms with Crippen molar-refractivity contribution >= 4 is 31.8 Å². The molecule has 0 bridgehead atoms. The summed E-state index contributed by atoms with van der Waals surface area (Å²) in [5.41, 5.74) is -0.713. The van der Waals surface area contributed by atoms with E-state index in [1.165, 1.54) is 49.3 Å². The summed E-state index contributed by atoms with van der Waals surface area (Å²) in [4.78, 5) is 13.4. The third kappa shape index (κ3) is 6.90. The van der Waals surface area contributed by atoms with Gasteiger partial charge >= 0.3 is 6.09 Å². The van der Waals surface area contributed by atoms with Gasteiger partial charge in [-0.3, -0.25) is 4.72 Å². The highest BCUT2D eigenvalue weighted by Crippen LogP contribution is 2.31. The van der Waals surface area contributed by atoms with Gasteiger partial charge in [-0.15, -0.1) is 0 Å². The van der Waals surface area contributed by atoms with Crippen LogP contribution in [-0.2, 0) is 31.3 Å². The summed E-state index contributed by atoms with van der Waals surface area (Å²) >= 11 is 0. The van der Waals surface area contributed by atoms with Crippen LogP contribution < -0.4 is 4.72 Å². The van der Waals surface area contributed by atoms with E-state index in [1.54, 1.807) is 20.8 Å². The fourth-order valence-corrected chi connectivity index (χ4v) is 5.51. The van der Waals surface area contributed by atoms with Gasteiger partial charge in [-0.1, -0.05) is 6.07 Å². The van der Waals surface area contributed by atoms with Gasteiger partial charge in [0, 0.05) is 30.6 Å². The SMILES string of the molecule is CCS(=O)(=O)Nc1cccc(S(=O)(=O)n2cc(CN(C)C(=O)OC(C)(C)C)cc2-c2ccc(F)cc2F)c1. The molecule has 0 atom stereocenters. The lowest BCUT2D eigenvalue weighted by molar-refractivity contribution is 0.0285. The molecule has 3 aromatic rings. The van der Waals surface area contributed by atoms with Crippen molar-refractivity contribution in [2.24, 2.45) is 0 Å². The fourth-order valence-electron chi connectivity index (χ4n) is 3.44. The number of rotatable bonds is 8.